The molecule has 2 rings (SSSR count). The van der Waals surface area contributed by atoms with Gasteiger partial charge in [-0.2, -0.15) is 0 Å². The highest BCUT2D eigenvalue weighted by Crippen LogP contribution is 2.29. The predicted octanol–water partition coefficient (Wildman–Crippen LogP) is 3.51. The summed E-state index contributed by atoms with van der Waals surface area (Å²) in [7, 11) is 0. The number of nitrogen functional groups attached to an aromatic ring is 1. The Morgan fingerprint density at radius 2 is 2.25 bits per heavy atom. The molecular weight excluding hydrogens is 277 g/mol. The van der Waals surface area contributed by atoms with Gasteiger partial charge < -0.3 is 10.3 Å². The van der Waals surface area contributed by atoms with Gasteiger partial charge in [0.15, 0.2) is 0 Å². The first-order valence-corrected chi connectivity index (χ1v) is 6.70. The number of benzene rings is 1. The number of terminal acetylenes is 1. The molecule has 1 aromatic carbocycles. The van der Waals surface area contributed by atoms with Crippen molar-refractivity contribution in [2.24, 2.45) is 0 Å². The summed E-state index contributed by atoms with van der Waals surface area (Å²) < 4.78 is 15.3. The maximum atomic E-state index is 13.6. The number of imidazole rings is 1. The number of halogens is 2. The zero-order valence-electron chi connectivity index (χ0n) is 11.2. The lowest BCUT2D eigenvalue weighted by molar-refractivity contribution is 0.628. The van der Waals surface area contributed by atoms with Gasteiger partial charge >= 0.3 is 0 Å². The molecule has 20 heavy (non-hydrogen) atoms. The van der Waals surface area contributed by atoms with Crippen LogP contribution in [-0.4, -0.2) is 9.55 Å². The molecule has 0 amide bonds. The molecule has 0 aliphatic rings. The van der Waals surface area contributed by atoms with Gasteiger partial charge in [-0.25, -0.2) is 9.37 Å². The molecule has 3 nitrogen and oxygen atoms in total. The van der Waals surface area contributed by atoms with Crippen molar-refractivity contribution in [2.45, 2.75) is 26.3 Å². The van der Waals surface area contributed by atoms with E-state index in [1.165, 1.54) is 12.1 Å². The molecule has 104 valence electrons. The van der Waals surface area contributed by atoms with Gasteiger partial charge in [-0.3, -0.25) is 0 Å². The predicted molar refractivity (Wildman–Crippen MR) is 79.9 cm³/mol. The van der Waals surface area contributed by atoms with Crippen molar-refractivity contribution in [3.8, 4) is 23.6 Å². The molecule has 0 spiro atoms. The Bertz CT molecular complexity index is 670. The molecule has 5 heteroatoms. The maximum Gasteiger partial charge on any atom is 0.142 e. The summed E-state index contributed by atoms with van der Waals surface area (Å²) in [5.74, 6) is 3.33. The van der Waals surface area contributed by atoms with E-state index in [0.29, 0.717) is 23.6 Å². The van der Waals surface area contributed by atoms with Crippen molar-refractivity contribution in [1.82, 2.24) is 9.55 Å². The molecule has 2 aromatic rings. The number of aryl methyl sites for hydroxylation is 1. The second-order valence-electron chi connectivity index (χ2n) is 4.43. The number of hydrogen-bond donors (Lipinski definition) is 1. The number of aromatic nitrogens is 2. The standard InChI is InChI=1S/C15H15ClFN3/c1-3-5-13-19-14(15(18)20(13)8-4-2)10-6-7-11(16)12(17)9-10/h2,6-7,9H,3,5,8,18H2,1H3. The second-order valence-corrected chi connectivity index (χ2v) is 4.84. The van der Waals surface area contributed by atoms with Gasteiger partial charge in [0.1, 0.15) is 23.2 Å². The van der Waals surface area contributed by atoms with Crippen LogP contribution in [0, 0.1) is 18.2 Å². The van der Waals surface area contributed by atoms with Crippen molar-refractivity contribution in [3.63, 3.8) is 0 Å². The molecule has 1 heterocycles. The topological polar surface area (TPSA) is 43.8 Å². The van der Waals surface area contributed by atoms with Gasteiger partial charge in [0.25, 0.3) is 0 Å². The summed E-state index contributed by atoms with van der Waals surface area (Å²) in [6.45, 7) is 2.40. The van der Waals surface area contributed by atoms with E-state index in [-0.39, 0.29) is 5.02 Å². The molecule has 1 aromatic heterocycles. The average molecular weight is 292 g/mol. The fraction of sp³-hybridized carbons (Fsp3) is 0.267. The Morgan fingerprint density at radius 1 is 1.50 bits per heavy atom. The minimum absolute atomic E-state index is 0.0733. The minimum Gasteiger partial charge on any atom is -0.383 e. The minimum atomic E-state index is -0.493. The lowest BCUT2D eigenvalue weighted by Gasteiger charge is -2.05. The van der Waals surface area contributed by atoms with Crippen LogP contribution in [0.15, 0.2) is 18.2 Å². The maximum absolute atomic E-state index is 13.6. The summed E-state index contributed by atoms with van der Waals surface area (Å²) in [5, 5.41) is 0.0733. The molecule has 0 radical (unpaired) electrons. The molecular formula is C15H15ClFN3. The first-order chi connectivity index (χ1) is 9.58. The summed E-state index contributed by atoms with van der Waals surface area (Å²) in [6.07, 6.45) is 7.05. The molecule has 0 aliphatic carbocycles. The van der Waals surface area contributed by atoms with Gasteiger partial charge in [-0.15, -0.1) is 6.42 Å². The van der Waals surface area contributed by atoms with Crippen LogP contribution >= 0.6 is 11.6 Å². The number of rotatable bonds is 4. The van der Waals surface area contributed by atoms with E-state index < -0.39 is 5.82 Å². The van der Waals surface area contributed by atoms with E-state index in [1.807, 2.05) is 6.92 Å². The molecule has 0 fully saturated rings. The SMILES string of the molecule is C#CCn1c(CCC)nc(-c2ccc(Cl)c(F)c2)c1N. The fourth-order valence-corrected chi connectivity index (χ4v) is 2.17. The number of anilines is 1. The third-order valence-corrected chi connectivity index (χ3v) is 3.31. The van der Waals surface area contributed by atoms with Gasteiger partial charge in [0.2, 0.25) is 0 Å². The first-order valence-electron chi connectivity index (χ1n) is 6.32. The Kier molecular flexibility index (Phi) is 4.31. The summed E-state index contributed by atoms with van der Waals surface area (Å²) in [4.78, 5) is 4.49. The van der Waals surface area contributed by atoms with Crippen molar-refractivity contribution in [1.29, 1.82) is 0 Å². The molecule has 0 atom stereocenters. The van der Waals surface area contributed by atoms with E-state index in [2.05, 4.69) is 10.9 Å². The van der Waals surface area contributed by atoms with Gasteiger partial charge in [0, 0.05) is 12.0 Å². The quantitative estimate of drug-likeness (QED) is 0.876. The summed E-state index contributed by atoms with van der Waals surface area (Å²) in [6, 6.07) is 4.52. The lowest BCUT2D eigenvalue weighted by Crippen LogP contribution is -2.06. The highest BCUT2D eigenvalue weighted by atomic mass is 35.5. The molecule has 0 saturated carbocycles. The van der Waals surface area contributed by atoms with Crippen LogP contribution in [0.5, 0.6) is 0 Å². The summed E-state index contributed by atoms with van der Waals surface area (Å²) in [5.41, 5.74) is 7.23. The van der Waals surface area contributed by atoms with Crippen molar-refractivity contribution < 1.29 is 4.39 Å². The Morgan fingerprint density at radius 3 is 2.85 bits per heavy atom. The van der Waals surface area contributed by atoms with E-state index in [1.54, 1.807) is 10.6 Å². The lowest BCUT2D eigenvalue weighted by atomic mass is 10.1. The van der Waals surface area contributed by atoms with Crippen LogP contribution in [0.1, 0.15) is 19.2 Å². The zero-order chi connectivity index (χ0) is 14.7. The molecule has 0 bridgehead atoms. The fourth-order valence-electron chi connectivity index (χ4n) is 2.05. The van der Waals surface area contributed by atoms with Crippen LogP contribution in [0.3, 0.4) is 0 Å². The van der Waals surface area contributed by atoms with Crippen LogP contribution in [0.4, 0.5) is 10.2 Å². The van der Waals surface area contributed by atoms with E-state index in [4.69, 9.17) is 23.8 Å². The van der Waals surface area contributed by atoms with Crippen LogP contribution in [-0.2, 0) is 13.0 Å². The van der Waals surface area contributed by atoms with Crippen molar-refractivity contribution in [2.75, 3.05) is 5.73 Å². The van der Waals surface area contributed by atoms with Gasteiger partial charge in [-0.05, 0) is 18.6 Å². The first kappa shape index (κ1) is 14.4. The highest BCUT2D eigenvalue weighted by molar-refractivity contribution is 6.30. The Hall–Kier alpha value is -1.99. The largest absolute Gasteiger partial charge is 0.383 e. The highest BCUT2D eigenvalue weighted by Gasteiger charge is 2.16. The number of hydrogen-bond acceptors (Lipinski definition) is 2. The molecule has 0 aliphatic heterocycles. The van der Waals surface area contributed by atoms with E-state index in [9.17, 15) is 4.39 Å². The Balaban J connectivity index is 2.54. The third kappa shape index (κ3) is 2.63. The monoisotopic (exact) mass is 291 g/mol. The van der Waals surface area contributed by atoms with Crippen LogP contribution in [0.25, 0.3) is 11.3 Å². The second kappa shape index (κ2) is 5.98. The average Bonchev–Trinajstić information content (AvgIpc) is 2.72. The third-order valence-electron chi connectivity index (χ3n) is 3.00. The van der Waals surface area contributed by atoms with Crippen LogP contribution < -0.4 is 5.73 Å². The number of nitrogens with zero attached hydrogens (tertiary/aromatic N) is 2. The van der Waals surface area contributed by atoms with E-state index in [0.717, 1.165) is 18.7 Å². The van der Waals surface area contributed by atoms with Gasteiger partial charge in [0.05, 0.1) is 11.6 Å². The molecule has 2 N–H and O–H groups in total. The Labute approximate surface area is 122 Å². The van der Waals surface area contributed by atoms with E-state index >= 15 is 0 Å². The van der Waals surface area contributed by atoms with Crippen LogP contribution in [0.2, 0.25) is 5.02 Å². The normalized spacial score (nSPS) is 10.5. The molecule has 0 unspecified atom stereocenters. The molecule has 0 saturated heterocycles. The van der Waals surface area contributed by atoms with Crippen molar-refractivity contribution >= 4 is 17.4 Å². The number of nitrogens with two attached hydrogens (primary N) is 1. The summed E-state index contributed by atoms with van der Waals surface area (Å²) >= 11 is 5.69. The van der Waals surface area contributed by atoms with Gasteiger partial charge in [-0.1, -0.05) is 30.5 Å². The zero-order valence-corrected chi connectivity index (χ0v) is 11.9. The van der Waals surface area contributed by atoms with Crippen molar-refractivity contribution in [3.05, 3.63) is 34.9 Å². The smallest absolute Gasteiger partial charge is 0.142 e.